The van der Waals surface area contributed by atoms with Gasteiger partial charge in [-0.2, -0.15) is 4.98 Å². The Labute approximate surface area is 166 Å². The van der Waals surface area contributed by atoms with Crippen LogP contribution in [-0.4, -0.2) is 32.0 Å². The van der Waals surface area contributed by atoms with E-state index >= 15 is 0 Å². The smallest absolute Gasteiger partial charge is 0.280 e. The van der Waals surface area contributed by atoms with Gasteiger partial charge in [-0.3, -0.25) is 19.9 Å². The number of anilines is 1. The molecule has 29 heavy (non-hydrogen) atoms. The van der Waals surface area contributed by atoms with E-state index in [9.17, 15) is 9.59 Å². The lowest BCUT2D eigenvalue weighted by molar-refractivity contribution is -0.121. The number of nitrogens with one attached hydrogen (secondary N) is 2. The van der Waals surface area contributed by atoms with Crippen molar-refractivity contribution in [3.8, 4) is 0 Å². The summed E-state index contributed by atoms with van der Waals surface area (Å²) in [7, 11) is 0. The molecule has 0 fully saturated rings. The number of carbonyl (C=O) groups is 1. The maximum Gasteiger partial charge on any atom is 0.280 e. The van der Waals surface area contributed by atoms with E-state index in [1.165, 1.54) is 0 Å². The number of benzene rings is 2. The Morgan fingerprint density at radius 1 is 1.03 bits per heavy atom. The summed E-state index contributed by atoms with van der Waals surface area (Å²) in [6.45, 7) is 0.683. The molecule has 0 spiro atoms. The number of aromatic nitrogens is 4. The van der Waals surface area contributed by atoms with Crippen LogP contribution in [0.3, 0.4) is 0 Å². The van der Waals surface area contributed by atoms with Gasteiger partial charge in [-0.05, 0) is 11.1 Å². The first-order valence-corrected chi connectivity index (χ1v) is 9.09. The minimum atomic E-state index is -0.415. The van der Waals surface area contributed by atoms with Crippen LogP contribution in [0.1, 0.15) is 11.1 Å². The number of hydrogen-bond acceptors (Lipinski definition) is 5. The van der Waals surface area contributed by atoms with Crippen molar-refractivity contribution in [1.29, 1.82) is 0 Å². The first kappa shape index (κ1) is 18.6. The van der Waals surface area contributed by atoms with Crippen LogP contribution in [0.4, 0.5) is 5.95 Å². The van der Waals surface area contributed by atoms with E-state index in [4.69, 9.17) is 4.74 Å². The highest BCUT2D eigenvalue weighted by atomic mass is 16.5. The molecule has 0 aliphatic heterocycles. The van der Waals surface area contributed by atoms with E-state index in [0.29, 0.717) is 18.8 Å². The molecule has 2 heterocycles. The van der Waals surface area contributed by atoms with E-state index < -0.39 is 11.5 Å². The van der Waals surface area contributed by atoms with Crippen molar-refractivity contribution in [3.63, 3.8) is 0 Å². The number of rotatable bonds is 7. The molecule has 0 saturated carbocycles. The molecule has 2 aromatic heterocycles. The number of imidazole rings is 1. The number of H-pyrrole nitrogens is 1. The molecule has 1 amide bonds. The molecule has 8 heteroatoms. The van der Waals surface area contributed by atoms with E-state index in [1.54, 1.807) is 10.9 Å². The second kappa shape index (κ2) is 8.49. The predicted octanol–water partition coefficient (Wildman–Crippen LogP) is 2.32. The van der Waals surface area contributed by atoms with Gasteiger partial charge in [0, 0.05) is 0 Å². The summed E-state index contributed by atoms with van der Waals surface area (Å²) in [4.78, 5) is 35.5. The Morgan fingerprint density at radius 3 is 2.45 bits per heavy atom. The van der Waals surface area contributed by atoms with Gasteiger partial charge in [0.25, 0.3) is 11.5 Å². The van der Waals surface area contributed by atoms with Gasteiger partial charge in [0.15, 0.2) is 11.2 Å². The highest BCUT2D eigenvalue weighted by molar-refractivity contribution is 5.90. The van der Waals surface area contributed by atoms with Crippen molar-refractivity contribution in [2.24, 2.45) is 0 Å². The molecule has 146 valence electrons. The van der Waals surface area contributed by atoms with Crippen molar-refractivity contribution < 1.29 is 9.53 Å². The highest BCUT2D eigenvalue weighted by Gasteiger charge is 2.12. The lowest BCUT2D eigenvalue weighted by atomic mass is 10.2. The van der Waals surface area contributed by atoms with Gasteiger partial charge in [-0.15, -0.1) is 0 Å². The van der Waals surface area contributed by atoms with Gasteiger partial charge in [-0.25, -0.2) is 4.98 Å². The molecule has 0 saturated heterocycles. The van der Waals surface area contributed by atoms with E-state index in [0.717, 1.165) is 11.1 Å². The SMILES string of the molecule is O=C(COCc1ccccc1)Nc1nc2c(ncn2Cc2ccccc2)c(=O)[nH]1. The fourth-order valence-corrected chi connectivity index (χ4v) is 2.91. The van der Waals surface area contributed by atoms with Crippen molar-refractivity contribution in [2.75, 3.05) is 11.9 Å². The minimum absolute atomic E-state index is 0.0608. The number of ether oxygens (including phenoxy) is 1. The largest absolute Gasteiger partial charge is 0.367 e. The monoisotopic (exact) mass is 389 g/mol. The summed E-state index contributed by atoms with van der Waals surface area (Å²) in [6.07, 6.45) is 1.56. The topological polar surface area (TPSA) is 102 Å². The number of hydrogen-bond donors (Lipinski definition) is 2. The second-order valence-electron chi connectivity index (χ2n) is 6.47. The first-order chi connectivity index (χ1) is 14.2. The fraction of sp³-hybridized carbons (Fsp3) is 0.143. The summed E-state index contributed by atoms with van der Waals surface area (Å²) in [5.74, 6) is -0.344. The van der Waals surface area contributed by atoms with Crippen molar-refractivity contribution in [2.45, 2.75) is 13.2 Å². The molecule has 0 bridgehead atoms. The molecule has 0 radical (unpaired) electrons. The number of aromatic amines is 1. The summed E-state index contributed by atoms with van der Waals surface area (Å²) >= 11 is 0. The van der Waals surface area contributed by atoms with Crippen LogP contribution >= 0.6 is 0 Å². The molecule has 0 atom stereocenters. The van der Waals surface area contributed by atoms with E-state index in [1.807, 2.05) is 60.7 Å². The molecular formula is C21H19N5O3. The van der Waals surface area contributed by atoms with Crippen LogP contribution in [0.2, 0.25) is 0 Å². The van der Waals surface area contributed by atoms with Crippen LogP contribution in [0.25, 0.3) is 11.2 Å². The highest BCUT2D eigenvalue weighted by Crippen LogP contribution is 2.11. The van der Waals surface area contributed by atoms with Crippen LogP contribution in [0.15, 0.2) is 71.8 Å². The fourth-order valence-electron chi connectivity index (χ4n) is 2.91. The maximum atomic E-state index is 12.3. The second-order valence-corrected chi connectivity index (χ2v) is 6.47. The summed E-state index contributed by atoms with van der Waals surface area (Å²) in [5, 5.41) is 2.57. The predicted molar refractivity (Wildman–Crippen MR) is 108 cm³/mol. The average Bonchev–Trinajstić information content (AvgIpc) is 3.13. The number of amides is 1. The quantitative estimate of drug-likeness (QED) is 0.505. The van der Waals surface area contributed by atoms with Gasteiger partial charge >= 0.3 is 0 Å². The Bertz CT molecular complexity index is 1170. The Balaban J connectivity index is 1.45. The molecule has 2 aromatic carbocycles. The number of carbonyl (C=O) groups excluding carboxylic acids is 1. The lowest BCUT2D eigenvalue weighted by Crippen LogP contribution is -2.22. The number of nitrogens with zero attached hydrogens (tertiary/aromatic N) is 3. The zero-order chi connectivity index (χ0) is 20.1. The molecule has 4 aromatic rings. The average molecular weight is 389 g/mol. The van der Waals surface area contributed by atoms with E-state index in [-0.39, 0.29) is 18.1 Å². The summed E-state index contributed by atoms with van der Waals surface area (Å²) in [5.41, 5.74) is 2.23. The standard InChI is InChI=1S/C21H19N5O3/c27-17(13-29-12-16-9-5-2-6-10-16)23-21-24-19-18(20(28)25-21)22-14-26(19)11-15-7-3-1-4-8-15/h1-10,14H,11-13H2,(H2,23,24,25,27,28). The van der Waals surface area contributed by atoms with Crippen LogP contribution < -0.4 is 10.9 Å². The molecule has 2 N–H and O–H groups in total. The van der Waals surface area contributed by atoms with Crippen LogP contribution in [0, 0.1) is 0 Å². The van der Waals surface area contributed by atoms with E-state index in [2.05, 4.69) is 20.3 Å². The van der Waals surface area contributed by atoms with Gasteiger partial charge in [-0.1, -0.05) is 60.7 Å². The van der Waals surface area contributed by atoms with Crippen LogP contribution in [-0.2, 0) is 22.7 Å². The first-order valence-electron chi connectivity index (χ1n) is 9.09. The van der Waals surface area contributed by atoms with Gasteiger partial charge in [0.1, 0.15) is 6.61 Å². The third kappa shape index (κ3) is 4.56. The summed E-state index contributed by atoms with van der Waals surface area (Å²) in [6, 6.07) is 19.3. The Kier molecular flexibility index (Phi) is 5.44. The third-order valence-corrected chi connectivity index (χ3v) is 4.27. The molecular weight excluding hydrogens is 370 g/mol. The lowest BCUT2D eigenvalue weighted by Gasteiger charge is -2.07. The summed E-state index contributed by atoms with van der Waals surface area (Å²) < 4.78 is 7.18. The Hall–Kier alpha value is -3.78. The normalized spacial score (nSPS) is 10.9. The van der Waals surface area contributed by atoms with Gasteiger partial charge < -0.3 is 9.30 Å². The molecule has 0 aliphatic rings. The number of fused-ring (bicyclic) bond motifs is 1. The van der Waals surface area contributed by atoms with Crippen LogP contribution in [0.5, 0.6) is 0 Å². The van der Waals surface area contributed by atoms with Crippen molar-refractivity contribution in [1.82, 2.24) is 19.5 Å². The molecule has 0 aliphatic carbocycles. The van der Waals surface area contributed by atoms with Gasteiger partial charge in [0.05, 0.1) is 19.5 Å². The van der Waals surface area contributed by atoms with Gasteiger partial charge in [0.2, 0.25) is 5.95 Å². The molecule has 4 rings (SSSR count). The van der Waals surface area contributed by atoms with Crippen molar-refractivity contribution >= 4 is 23.0 Å². The third-order valence-electron chi connectivity index (χ3n) is 4.27. The Morgan fingerprint density at radius 2 is 1.72 bits per heavy atom. The maximum absolute atomic E-state index is 12.3. The minimum Gasteiger partial charge on any atom is -0.367 e. The molecule has 8 nitrogen and oxygen atoms in total. The zero-order valence-electron chi connectivity index (χ0n) is 15.5. The zero-order valence-corrected chi connectivity index (χ0v) is 15.5. The van der Waals surface area contributed by atoms with Crippen molar-refractivity contribution in [3.05, 3.63) is 88.5 Å². The molecule has 0 unspecified atom stereocenters.